The fraction of sp³-hybridized carbons (Fsp3) is 0.739. The van der Waals surface area contributed by atoms with Crippen LogP contribution in [-0.4, -0.2) is 84.3 Å². The summed E-state index contributed by atoms with van der Waals surface area (Å²) in [6.07, 6.45) is -6.75. The first-order valence-corrected chi connectivity index (χ1v) is 22.8. The maximum Gasteiger partial charge on any atom is 0.494 e. The van der Waals surface area contributed by atoms with Crippen molar-refractivity contribution in [3.8, 4) is 11.1 Å². The summed E-state index contributed by atoms with van der Waals surface area (Å²) < 4.78 is 262. The highest BCUT2D eigenvalue weighted by Crippen LogP contribution is 2.64. The molecule has 2 aromatic rings. The molecule has 2 saturated heterocycles. The first-order chi connectivity index (χ1) is 31.1. The Bertz CT molecular complexity index is 2040. The molecule has 0 amide bonds. The smallest absolute Gasteiger partial charge is 0.399 e. The summed E-state index contributed by atoms with van der Waals surface area (Å²) >= 11 is 0. The third kappa shape index (κ3) is 9.32. The molecule has 0 saturated carbocycles. The van der Waals surface area contributed by atoms with Gasteiger partial charge in [-0.1, -0.05) is 94.7 Å². The minimum Gasteiger partial charge on any atom is -0.399 e. The van der Waals surface area contributed by atoms with Gasteiger partial charge in [0, 0.05) is 11.8 Å². The van der Waals surface area contributed by atoms with Gasteiger partial charge in [0.1, 0.15) is 0 Å². The van der Waals surface area contributed by atoms with E-state index in [1.165, 1.54) is 0 Å². The molecule has 0 bridgehead atoms. The molecule has 69 heavy (non-hydrogen) atoms. The second-order valence-corrected chi connectivity index (χ2v) is 20.6. The normalized spacial score (nSPS) is 20.4. The van der Waals surface area contributed by atoms with Gasteiger partial charge in [-0.25, -0.2) is 0 Å². The Labute approximate surface area is 391 Å². The molecule has 3 aliphatic rings. The standard InChI is InChI=1S/C46H57B2F17O4/c1-10-11-12-13-16-23-38(24-17-14-15-18-25-39(49,50)40(51,52)41(53,54)42(55,56)43(57,58)44(59,60)45(61,62)46(63,64)65)32-26-28(47-66-34(2,3)35(4,5)67-47)19-21-30(32)31-22-20-29(27-33(31)38)48-68-36(6,7)37(8,9)69-48/h19-22,26-27H,10-18,23-25H2,1-9H3. The first-order valence-electron chi connectivity index (χ1n) is 22.8. The van der Waals surface area contributed by atoms with Crippen molar-refractivity contribution in [1.82, 2.24) is 0 Å². The molecular formula is C46H57B2F17O4. The third-order valence-corrected chi connectivity index (χ3v) is 14.8. The number of rotatable bonds is 21. The molecule has 4 nitrogen and oxygen atoms in total. The molecule has 0 unspecified atom stereocenters. The zero-order valence-electron chi connectivity index (χ0n) is 39.7. The quantitative estimate of drug-likeness (QED) is 0.0709. The fourth-order valence-corrected chi connectivity index (χ4v) is 8.96. The molecule has 0 radical (unpaired) electrons. The lowest BCUT2D eigenvalue weighted by Gasteiger charge is -2.42. The van der Waals surface area contributed by atoms with E-state index in [1.807, 2.05) is 98.7 Å². The van der Waals surface area contributed by atoms with Crippen LogP contribution in [0.25, 0.3) is 11.1 Å². The summed E-state index contributed by atoms with van der Waals surface area (Å²) in [6.45, 7) is 17.1. The molecule has 2 fully saturated rings. The van der Waals surface area contributed by atoms with Crippen LogP contribution >= 0.6 is 0 Å². The van der Waals surface area contributed by atoms with Crippen molar-refractivity contribution in [3.05, 3.63) is 47.5 Å². The van der Waals surface area contributed by atoms with Gasteiger partial charge in [-0.2, -0.15) is 74.6 Å². The molecular weight excluding hydrogens is 961 g/mol. The van der Waals surface area contributed by atoms with E-state index in [4.69, 9.17) is 18.6 Å². The van der Waals surface area contributed by atoms with Gasteiger partial charge in [0.25, 0.3) is 0 Å². The van der Waals surface area contributed by atoms with Crippen molar-refractivity contribution >= 4 is 25.2 Å². The molecule has 0 aromatic heterocycles. The third-order valence-electron chi connectivity index (χ3n) is 14.8. The van der Waals surface area contributed by atoms with Crippen LogP contribution in [0.5, 0.6) is 0 Å². The van der Waals surface area contributed by atoms with Gasteiger partial charge in [-0.05, 0) is 108 Å². The zero-order chi connectivity index (χ0) is 52.7. The van der Waals surface area contributed by atoms with Crippen LogP contribution in [0.3, 0.4) is 0 Å². The monoisotopic (exact) mass is 1020 g/mol. The average Bonchev–Trinajstić information content (AvgIpc) is 3.71. The summed E-state index contributed by atoms with van der Waals surface area (Å²) in [6, 6.07) is 11.6. The maximum atomic E-state index is 14.9. The van der Waals surface area contributed by atoms with Gasteiger partial charge < -0.3 is 18.6 Å². The summed E-state index contributed by atoms with van der Waals surface area (Å²) in [5.74, 6) is -56.4. The SMILES string of the molecule is CCCCCCCC1(CCCCCCC(F)(F)C(F)(F)C(F)(F)C(F)(F)C(F)(F)C(F)(F)C(F)(F)C(F)(F)F)c2cc(B3OC(C)(C)C(C)(C)O3)ccc2-c2ccc(B3OC(C)(C)C(C)(C)O3)cc21. The number of halogens is 17. The van der Waals surface area contributed by atoms with Crippen LogP contribution in [0.2, 0.25) is 0 Å². The molecule has 1 aliphatic carbocycles. The summed E-state index contributed by atoms with van der Waals surface area (Å²) in [5.41, 5.74) is 1.11. The van der Waals surface area contributed by atoms with Crippen molar-refractivity contribution < 1.29 is 93.3 Å². The molecule has 2 aromatic carbocycles. The van der Waals surface area contributed by atoms with Crippen LogP contribution in [-0.2, 0) is 24.0 Å². The number of unbranched alkanes of at least 4 members (excludes halogenated alkanes) is 7. The van der Waals surface area contributed by atoms with Gasteiger partial charge in [-0.15, -0.1) is 0 Å². The lowest BCUT2D eigenvalue weighted by atomic mass is 9.67. The second kappa shape index (κ2) is 18.3. The van der Waals surface area contributed by atoms with E-state index in [9.17, 15) is 74.6 Å². The average molecular weight is 1020 g/mol. The number of hydrogen-bond acceptors (Lipinski definition) is 4. The van der Waals surface area contributed by atoms with Crippen molar-refractivity contribution in [2.24, 2.45) is 0 Å². The zero-order valence-corrected chi connectivity index (χ0v) is 39.7. The summed E-state index contributed by atoms with van der Waals surface area (Å²) in [5, 5.41) is 0. The lowest BCUT2D eigenvalue weighted by molar-refractivity contribution is -0.461. The predicted octanol–water partition coefficient (Wildman–Crippen LogP) is 14.3. The Morgan fingerprint density at radius 2 is 0.725 bits per heavy atom. The minimum atomic E-state index is -8.65. The summed E-state index contributed by atoms with van der Waals surface area (Å²) in [7, 11) is -1.58. The van der Waals surface area contributed by atoms with Crippen molar-refractivity contribution in [1.29, 1.82) is 0 Å². The highest BCUT2D eigenvalue weighted by molar-refractivity contribution is 6.62. The molecule has 0 atom stereocenters. The van der Waals surface area contributed by atoms with E-state index in [-0.39, 0.29) is 19.3 Å². The van der Waals surface area contributed by atoms with E-state index in [0.717, 1.165) is 47.9 Å². The van der Waals surface area contributed by atoms with Crippen LogP contribution in [0.4, 0.5) is 74.6 Å². The van der Waals surface area contributed by atoms with Gasteiger partial charge in [-0.3, -0.25) is 0 Å². The Balaban J connectivity index is 1.44. The highest BCUT2D eigenvalue weighted by Gasteiger charge is 2.95. The van der Waals surface area contributed by atoms with Gasteiger partial charge in [0.05, 0.1) is 22.4 Å². The lowest BCUT2D eigenvalue weighted by Crippen LogP contribution is -2.74. The van der Waals surface area contributed by atoms with Crippen molar-refractivity contribution in [2.75, 3.05) is 0 Å². The van der Waals surface area contributed by atoms with Crippen molar-refractivity contribution in [3.63, 3.8) is 0 Å². The van der Waals surface area contributed by atoms with Crippen molar-refractivity contribution in [2.45, 2.75) is 215 Å². The van der Waals surface area contributed by atoms with Crippen LogP contribution < -0.4 is 10.9 Å². The number of benzene rings is 2. The molecule has 5 rings (SSSR count). The van der Waals surface area contributed by atoms with E-state index >= 15 is 0 Å². The van der Waals surface area contributed by atoms with Crippen LogP contribution in [0, 0.1) is 0 Å². The molecule has 0 N–H and O–H groups in total. The highest BCUT2D eigenvalue weighted by atomic mass is 19.4. The fourth-order valence-electron chi connectivity index (χ4n) is 8.96. The van der Waals surface area contributed by atoms with E-state index < -0.39 is 109 Å². The maximum absolute atomic E-state index is 14.9. The Morgan fingerprint density at radius 1 is 0.406 bits per heavy atom. The molecule has 2 aliphatic heterocycles. The topological polar surface area (TPSA) is 36.9 Å². The molecule has 390 valence electrons. The van der Waals surface area contributed by atoms with Crippen LogP contribution in [0.1, 0.15) is 150 Å². The number of hydrogen-bond donors (Lipinski definition) is 0. The Morgan fingerprint density at radius 3 is 1.07 bits per heavy atom. The van der Waals surface area contributed by atoms with E-state index in [0.29, 0.717) is 23.8 Å². The molecule has 23 heteroatoms. The number of fused-ring (bicyclic) bond motifs is 3. The first kappa shape index (κ1) is 57.1. The Hall–Kier alpha value is -2.78. The largest absolute Gasteiger partial charge is 0.494 e. The predicted molar refractivity (Wildman–Crippen MR) is 226 cm³/mol. The van der Waals surface area contributed by atoms with E-state index in [2.05, 4.69) is 0 Å². The summed E-state index contributed by atoms with van der Waals surface area (Å²) in [4.78, 5) is 0. The second-order valence-electron chi connectivity index (χ2n) is 20.6. The molecule has 0 spiro atoms. The molecule has 2 heterocycles. The Kier molecular flexibility index (Phi) is 15.2. The van der Waals surface area contributed by atoms with Gasteiger partial charge in [0.2, 0.25) is 0 Å². The minimum absolute atomic E-state index is 0.0961. The van der Waals surface area contributed by atoms with Gasteiger partial charge >= 0.3 is 61.9 Å². The van der Waals surface area contributed by atoms with Gasteiger partial charge in [0.15, 0.2) is 0 Å². The van der Waals surface area contributed by atoms with Crippen LogP contribution in [0.15, 0.2) is 36.4 Å². The number of alkyl halides is 17. The van der Waals surface area contributed by atoms with E-state index in [1.54, 1.807) is 0 Å².